The first-order valence-corrected chi connectivity index (χ1v) is 10.3. The van der Waals surface area contributed by atoms with E-state index in [2.05, 4.69) is 58.8 Å². The van der Waals surface area contributed by atoms with Gasteiger partial charge in [-0.25, -0.2) is 0 Å². The van der Waals surface area contributed by atoms with Crippen LogP contribution in [0.3, 0.4) is 0 Å². The van der Waals surface area contributed by atoms with Gasteiger partial charge in [0.15, 0.2) is 5.96 Å². The fourth-order valence-corrected chi connectivity index (χ4v) is 3.99. The third-order valence-corrected chi connectivity index (χ3v) is 5.74. The Labute approximate surface area is 156 Å². The van der Waals surface area contributed by atoms with Crippen molar-refractivity contribution in [3.8, 4) is 0 Å². The summed E-state index contributed by atoms with van der Waals surface area (Å²) in [7, 11) is 1.84. The fourth-order valence-electron chi connectivity index (χ4n) is 3.21. The average Bonchev–Trinajstić information content (AvgIpc) is 3.15. The van der Waals surface area contributed by atoms with Gasteiger partial charge in [-0.05, 0) is 23.8 Å². The van der Waals surface area contributed by atoms with E-state index in [1.807, 2.05) is 18.4 Å². The molecule has 6 heteroatoms. The van der Waals surface area contributed by atoms with Crippen molar-refractivity contribution in [2.75, 3.05) is 46.4 Å². The summed E-state index contributed by atoms with van der Waals surface area (Å²) in [4.78, 5) is 8.36. The highest BCUT2D eigenvalue weighted by Crippen LogP contribution is 2.19. The van der Waals surface area contributed by atoms with E-state index in [0.717, 1.165) is 45.4 Å². The number of nitrogens with one attached hydrogen (secondary N) is 2. The summed E-state index contributed by atoms with van der Waals surface area (Å²) in [6.07, 6.45) is 1.19. The molecule has 2 N–H and O–H groups in total. The van der Waals surface area contributed by atoms with Crippen LogP contribution in [-0.2, 0) is 4.74 Å². The number of hydrogen-bond donors (Lipinski definition) is 2. The van der Waals surface area contributed by atoms with Crippen LogP contribution in [0, 0.1) is 5.92 Å². The number of aliphatic imine (C=N–C) groups is 1. The fraction of sp³-hybridized carbons (Fsp3) is 0.737. The van der Waals surface area contributed by atoms with Crippen molar-refractivity contribution in [3.05, 3.63) is 22.4 Å². The minimum atomic E-state index is 0.490. The van der Waals surface area contributed by atoms with Crippen molar-refractivity contribution in [2.45, 2.75) is 39.2 Å². The molecule has 0 radical (unpaired) electrons. The normalized spacial score (nSPS) is 19.0. The summed E-state index contributed by atoms with van der Waals surface area (Å²) in [6.45, 7) is 12.4. The highest BCUT2D eigenvalue weighted by molar-refractivity contribution is 7.10. The summed E-state index contributed by atoms with van der Waals surface area (Å²) in [5.41, 5.74) is 0. The number of hydrogen-bond acceptors (Lipinski definition) is 4. The van der Waals surface area contributed by atoms with Gasteiger partial charge in [0.1, 0.15) is 0 Å². The van der Waals surface area contributed by atoms with Gasteiger partial charge in [-0.3, -0.25) is 9.89 Å². The summed E-state index contributed by atoms with van der Waals surface area (Å²) in [6, 6.07) is 4.84. The van der Waals surface area contributed by atoms with Crippen LogP contribution in [0.5, 0.6) is 0 Å². The molecule has 2 rings (SSSR count). The molecule has 142 valence electrons. The van der Waals surface area contributed by atoms with Crippen LogP contribution in [0.15, 0.2) is 22.5 Å². The van der Waals surface area contributed by atoms with E-state index in [4.69, 9.17) is 4.74 Å². The molecule has 0 bridgehead atoms. The average molecular weight is 367 g/mol. The number of morpholine rings is 1. The molecular formula is C19H34N4OS. The maximum atomic E-state index is 5.50. The Hall–Kier alpha value is -1.11. The van der Waals surface area contributed by atoms with Crippen molar-refractivity contribution >= 4 is 17.3 Å². The Morgan fingerprint density at radius 2 is 1.96 bits per heavy atom. The molecule has 0 amide bonds. The van der Waals surface area contributed by atoms with Gasteiger partial charge < -0.3 is 15.4 Å². The van der Waals surface area contributed by atoms with Crippen LogP contribution in [0.2, 0.25) is 0 Å². The molecule has 1 aromatic heterocycles. The molecule has 0 saturated carbocycles. The summed E-state index contributed by atoms with van der Waals surface area (Å²) in [5, 5.41) is 9.14. The molecule has 5 nitrogen and oxygen atoms in total. The number of nitrogens with zero attached hydrogens (tertiary/aromatic N) is 2. The standard InChI is InChI=1S/C19H34N4OS/c1-15(2)12-17(23-7-9-24-10-8-23)14-22-19(20-4)21-13-16(3)18-6-5-11-25-18/h5-6,11,15-17H,7-10,12-14H2,1-4H3,(H2,20,21,22). The Morgan fingerprint density at radius 3 is 2.56 bits per heavy atom. The zero-order valence-corrected chi connectivity index (χ0v) is 16.9. The Kier molecular flexibility index (Phi) is 8.72. The van der Waals surface area contributed by atoms with Gasteiger partial charge in [0.25, 0.3) is 0 Å². The monoisotopic (exact) mass is 366 g/mol. The molecule has 0 aromatic carbocycles. The van der Waals surface area contributed by atoms with Crippen LogP contribution in [0.1, 0.15) is 38.0 Å². The first-order valence-electron chi connectivity index (χ1n) is 9.39. The lowest BCUT2D eigenvalue weighted by molar-refractivity contribution is 0.0132. The van der Waals surface area contributed by atoms with Crippen LogP contribution in [-0.4, -0.2) is 63.3 Å². The molecule has 1 aromatic rings. The number of ether oxygens (including phenoxy) is 1. The Morgan fingerprint density at radius 1 is 1.24 bits per heavy atom. The summed E-state index contributed by atoms with van der Waals surface area (Å²) >= 11 is 1.82. The van der Waals surface area contributed by atoms with Gasteiger partial charge in [-0.2, -0.15) is 0 Å². The molecule has 0 aliphatic carbocycles. The third-order valence-electron chi connectivity index (χ3n) is 4.64. The zero-order valence-electron chi connectivity index (χ0n) is 16.1. The SMILES string of the molecule is CN=C(NCC(C)c1cccs1)NCC(CC(C)C)N1CCOCC1. The second-order valence-electron chi connectivity index (χ2n) is 7.18. The van der Waals surface area contributed by atoms with Crippen LogP contribution in [0.4, 0.5) is 0 Å². The second-order valence-corrected chi connectivity index (χ2v) is 8.16. The highest BCUT2D eigenvalue weighted by Gasteiger charge is 2.22. The van der Waals surface area contributed by atoms with Crippen molar-refractivity contribution in [1.82, 2.24) is 15.5 Å². The summed E-state index contributed by atoms with van der Waals surface area (Å²) in [5.74, 6) is 2.07. The van der Waals surface area contributed by atoms with Gasteiger partial charge in [0.05, 0.1) is 13.2 Å². The third kappa shape index (κ3) is 6.96. The van der Waals surface area contributed by atoms with Gasteiger partial charge in [0.2, 0.25) is 0 Å². The molecular weight excluding hydrogens is 332 g/mol. The van der Waals surface area contributed by atoms with Crippen LogP contribution < -0.4 is 10.6 Å². The van der Waals surface area contributed by atoms with E-state index in [9.17, 15) is 0 Å². The maximum Gasteiger partial charge on any atom is 0.191 e. The van der Waals surface area contributed by atoms with E-state index in [-0.39, 0.29) is 0 Å². The molecule has 1 fully saturated rings. The van der Waals surface area contributed by atoms with Gasteiger partial charge in [-0.15, -0.1) is 11.3 Å². The van der Waals surface area contributed by atoms with Gasteiger partial charge in [-0.1, -0.05) is 26.8 Å². The molecule has 2 unspecified atom stereocenters. The lowest BCUT2D eigenvalue weighted by Crippen LogP contribution is -2.51. The molecule has 1 aliphatic rings. The van der Waals surface area contributed by atoms with E-state index in [1.54, 1.807) is 0 Å². The van der Waals surface area contributed by atoms with Gasteiger partial charge >= 0.3 is 0 Å². The predicted octanol–water partition coefficient (Wildman–Crippen LogP) is 2.76. The first-order chi connectivity index (χ1) is 12.1. The number of thiophene rings is 1. The molecule has 1 aliphatic heterocycles. The van der Waals surface area contributed by atoms with E-state index in [1.165, 1.54) is 11.3 Å². The molecule has 2 atom stereocenters. The van der Waals surface area contributed by atoms with Crippen molar-refractivity contribution in [3.63, 3.8) is 0 Å². The topological polar surface area (TPSA) is 48.9 Å². The second kappa shape index (κ2) is 10.8. The smallest absolute Gasteiger partial charge is 0.191 e. The van der Waals surface area contributed by atoms with Crippen LogP contribution in [0.25, 0.3) is 0 Å². The minimum absolute atomic E-state index is 0.490. The maximum absolute atomic E-state index is 5.50. The van der Waals surface area contributed by atoms with Crippen LogP contribution >= 0.6 is 11.3 Å². The molecule has 2 heterocycles. The lowest BCUT2D eigenvalue weighted by atomic mass is 10.0. The van der Waals surface area contributed by atoms with Crippen molar-refractivity contribution in [2.24, 2.45) is 10.9 Å². The zero-order chi connectivity index (χ0) is 18.1. The minimum Gasteiger partial charge on any atom is -0.379 e. The van der Waals surface area contributed by atoms with E-state index in [0.29, 0.717) is 17.9 Å². The largest absolute Gasteiger partial charge is 0.379 e. The quantitative estimate of drug-likeness (QED) is 0.549. The van der Waals surface area contributed by atoms with Crippen molar-refractivity contribution in [1.29, 1.82) is 0 Å². The molecule has 25 heavy (non-hydrogen) atoms. The molecule has 1 saturated heterocycles. The lowest BCUT2D eigenvalue weighted by Gasteiger charge is -2.35. The van der Waals surface area contributed by atoms with E-state index < -0.39 is 0 Å². The number of rotatable bonds is 8. The predicted molar refractivity (Wildman–Crippen MR) is 108 cm³/mol. The number of guanidine groups is 1. The highest BCUT2D eigenvalue weighted by atomic mass is 32.1. The van der Waals surface area contributed by atoms with Gasteiger partial charge in [0, 0.05) is 50.1 Å². The first kappa shape index (κ1) is 20.2. The van der Waals surface area contributed by atoms with Crippen molar-refractivity contribution < 1.29 is 4.74 Å². The summed E-state index contributed by atoms with van der Waals surface area (Å²) < 4.78 is 5.50. The Balaban J connectivity index is 1.81. The Bertz CT molecular complexity index is 498. The van der Waals surface area contributed by atoms with E-state index >= 15 is 0 Å². The molecule has 0 spiro atoms.